The van der Waals surface area contributed by atoms with Crippen molar-refractivity contribution in [3.8, 4) is 0 Å². The molecule has 1 saturated carbocycles. The number of hydrogen-bond acceptors (Lipinski definition) is 3. The van der Waals surface area contributed by atoms with Crippen LogP contribution >= 0.6 is 0 Å². The molecule has 0 aromatic carbocycles. The van der Waals surface area contributed by atoms with E-state index < -0.39 is 12.0 Å². The molecule has 3 aliphatic rings. The number of hydrogen-bond donors (Lipinski definition) is 1. The van der Waals surface area contributed by atoms with Crippen LogP contribution in [0, 0.1) is 11.8 Å². The summed E-state index contributed by atoms with van der Waals surface area (Å²) < 4.78 is 5.18. The van der Waals surface area contributed by atoms with Gasteiger partial charge in [0.15, 0.2) is 0 Å². The molecule has 6 heteroatoms. The molecule has 2 amide bonds. The first-order valence-corrected chi connectivity index (χ1v) is 8.40. The van der Waals surface area contributed by atoms with Gasteiger partial charge in [0.2, 0.25) is 0 Å². The molecule has 2 heterocycles. The number of rotatable bonds is 3. The van der Waals surface area contributed by atoms with Crippen LogP contribution < -0.4 is 0 Å². The molecule has 124 valence electrons. The molecule has 1 N–H and O–H groups in total. The van der Waals surface area contributed by atoms with E-state index in [1.165, 1.54) is 0 Å². The van der Waals surface area contributed by atoms with Crippen LogP contribution in [-0.2, 0) is 9.53 Å². The van der Waals surface area contributed by atoms with Crippen LogP contribution in [0.4, 0.5) is 4.79 Å². The van der Waals surface area contributed by atoms with Gasteiger partial charge < -0.3 is 19.6 Å². The van der Waals surface area contributed by atoms with Crippen molar-refractivity contribution >= 4 is 12.0 Å². The number of carboxylic acids is 1. The standard InChI is InChI=1S/C16H26N2O4/c1-22-10-11-6-7-17(9-11)16(21)18-13-5-3-2-4-12(13)8-14(18)15(19)20/h11-14H,2-10H2,1H3,(H,19,20). The Kier molecular flexibility index (Phi) is 4.57. The van der Waals surface area contributed by atoms with Gasteiger partial charge in [-0.25, -0.2) is 9.59 Å². The molecule has 6 nitrogen and oxygen atoms in total. The van der Waals surface area contributed by atoms with Crippen molar-refractivity contribution in [1.82, 2.24) is 9.80 Å². The third-order valence-electron chi connectivity index (χ3n) is 5.55. The zero-order chi connectivity index (χ0) is 15.7. The number of methoxy groups -OCH3 is 1. The highest BCUT2D eigenvalue weighted by Crippen LogP contribution is 2.40. The molecule has 4 atom stereocenters. The third-order valence-corrected chi connectivity index (χ3v) is 5.55. The Morgan fingerprint density at radius 1 is 1.23 bits per heavy atom. The van der Waals surface area contributed by atoms with Crippen molar-refractivity contribution < 1.29 is 19.4 Å². The number of urea groups is 1. The lowest BCUT2D eigenvalue weighted by Gasteiger charge is -2.35. The van der Waals surface area contributed by atoms with E-state index in [4.69, 9.17) is 4.74 Å². The molecule has 3 rings (SSSR count). The number of aliphatic carboxylic acids is 1. The lowest BCUT2D eigenvalue weighted by Crippen LogP contribution is -2.51. The van der Waals surface area contributed by atoms with E-state index in [9.17, 15) is 14.7 Å². The second-order valence-corrected chi connectivity index (χ2v) is 6.95. The number of carbonyl (C=O) groups is 2. The van der Waals surface area contributed by atoms with Gasteiger partial charge in [-0.2, -0.15) is 0 Å². The molecule has 0 spiro atoms. The summed E-state index contributed by atoms with van der Waals surface area (Å²) >= 11 is 0. The maximum atomic E-state index is 12.9. The maximum absolute atomic E-state index is 12.9. The second-order valence-electron chi connectivity index (χ2n) is 6.95. The Bertz CT molecular complexity index is 442. The lowest BCUT2D eigenvalue weighted by molar-refractivity contribution is -0.141. The van der Waals surface area contributed by atoms with E-state index in [0.29, 0.717) is 38.0 Å². The van der Waals surface area contributed by atoms with Gasteiger partial charge >= 0.3 is 12.0 Å². The van der Waals surface area contributed by atoms with Crippen LogP contribution in [-0.4, -0.2) is 65.8 Å². The second kappa shape index (κ2) is 6.44. The van der Waals surface area contributed by atoms with Crippen molar-refractivity contribution in [1.29, 1.82) is 0 Å². The summed E-state index contributed by atoms with van der Waals surface area (Å²) in [6.07, 6.45) is 5.85. The smallest absolute Gasteiger partial charge is 0.326 e. The van der Waals surface area contributed by atoms with Gasteiger partial charge in [-0.3, -0.25) is 0 Å². The zero-order valence-electron chi connectivity index (χ0n) is 13.2. The fraction of sp³-hybridized carbons (Fsp3) is 0.875. The Labute approximate surface area is 131 Å². The minimum atomic E-state index is -0.851. The largest absolute Gasteiger partial charge is 0.480 e. The summed E-state index contributed by atoms with van der Waals surface area (Å²) in [5.74, 6) is -0.103. The topological polar surface area (TPSA) is 70.1 Å². The minimum Gasteiger partial charge on any atom is -0.480 e. The molecule has 4 unspecified atom stereocenters. The predicted molar refractivity (Wildman–Crippen MR) is 80.6 cm³/mol. The van der Waals surface area contributed by atoms with Crippen LogP contribution in [0.3, 0.4) is 0 Å². The van der Waals surface area contributed by atoms with E-state index >= 15 is 0 Å². The van der Waals surface area contributed by atoms with Crippen molar-refractivity contribution in [2.75, 3.05) is 26.8 Å². The average molecular weight is 310 g/mol. The summed E-state index contributed by atoms with van der Waals surface area (Å²) in [4.78, 5) is 28.0. The molecule has 0 bridgehead atoms. The lowest BCUT2D eigenvalue weighted by atomic mass is 9.85. The van der Waals surface area contributed by atoms with E-state index in [1.807, 2.05) is 4.90 Å². The van der Waals surface area contributed by atoms with Crippen molar-refractivity contribution in [2.24, 2.45) is 11.8 Å². The van der Waals surface area contributed by atoms with Gasteiger partial charge in [0.1, 0.15) is 6.04 Å². The molecule has 1 aliphatic carbocycles. The molecule has 22 heavy (non-hydrogen) atoms. The SMILES string of the molecule is COCC1CCN(C(=O)N2C(C(=O)O)CC3CCCCC32)C1. The maximum Gasteiger partial charge on any atom is 0.326 e. The normalized spacial score (nSPS) is 34.8. The van der Waals surface area contributed by atoms with Gasteiger partial charge in [0.05, 0.1) is 6.61 Å². The van der Waals surface area contributed by atoms with Crippen molar-refractivity contribution in [2.45, 2.75) is 50.6 Å². The molecule has 0 radical (unpaired) electrons. The summed E-state index contributed by atoms with van der Waals surface area (Å²) in [5, 5.41) is 9.53. The molecule has 2 saturated heterocycles. The first-order chi connectivity index (χ1) is 10.6. The van der Waals surface area contributed by atoms with Crippen LogP contribution in [0.2, 0.25) is 0 Å². The monoisotopic (exact) mass is 310 g/mol. The van der Waals surface area contributed by atoms with E-state index in [2.05, 4.69) is 0 Å². The fourth-order valence-corrected chi connectivity index (χ4v) is 4.50. The van der Waals surface area contributed by atoms with Crippen LogP contribution in [0.25, 0.3) is 0 Å². The zero-order valence-corrected chi connectivity index (χ0v) is 13.2. The number of amides is 2. The van der Waals surface area contributed by atoms with E-state index in [0.717, 1.165) is 32.1 Å². The quantitative estimate of drug-likeness (QED) is 0.863. The fourth-order valence-electron chi connectivity index (χ4n) is 4.50. The average Bonchev–Trinajstić information content (AvgIpc) is 3.11. The Balaban J connectivity index is 1.72. The van der Waals surface area contributed by atoms with Crippen LogP contribution in [0.5, 0.6) is 0 Å². The molecular weight excluding hydrogens is 284 g/mol. The summed E-state index contributed by atoms with van der Waals surface area (Å²) in [6.45, 7) is 2.07. The number of nitrogens with zero attached hydrogens (tertiary/aromatic N) is 2. The first-order valence-electron chi connectivity index (χ1n) is 8.40. The van der Waals surface area contributed by atoms with E-state index in [1.54, 1.807) is 12.0 Å². The number of likely N-dealkylation sites (tertiary alicyclic amines) is 2. The van der Waals surface area contributed by atoms with Gasteiger partial charge in [-0.1, -0.05) is 12.8 Å². The highest BCUT2D eigenvalue weighted by molar-refractivity contribution is 5.84. The van der Waals surface area contributed by atoms with Gasteiger partial charge in [0.25, 0.3) is 0 Å². The molecular formula is C16H26N2O4. The molecule has 2 aliphatic heterocycles. The van der Waals surface area contributed by atoms with E-state index in [-0.39, 0.29) is 12.1 Å². The Morgan fingerprint density at radius 2 is 2.00 bits per heavy atom. The summed E-state index contributed by atoms with van der Waals surface area (Å²) in [6, 6.07) is -0.577. The highest BCUT2D eigenvalue weighted by Gasteiger charge is 2.49. The van der Waals surface area contributed by atoms with Crippen molar-refractivity contribution in [3.63, 3.8) is 0 Å². The highest BCUT2D eigenvalue weighted by atomic mass is 16.5. The first kappa shape index (κ1) is 15.6. The van der Waals surface area contributed by atoms with Gasteiger partial charge in [-0.05, 0) is 31.6 Å². The number of carboxylic acid groups (broad SMARTS) is 1. The number of carbonyl (C=O) groups excluding carboxylic acids is 1. The van der Waals surface area contributed by atoms with Crippen molar-refractivity contribution in [3.05, 3.63) is 0 Å². The van der Waals surface area contributed by atoms with Gasteiger partial charge in [0, 0.05) is 32.2 Å². The Morgan fingerprint density at radius 3 is 2.73 bits per heavy atom. The minimum absolute atomic E-state index is 0.0691. The number of ether oxygens (including phenoxy) is 1. The molecule has 0 aromatic heterocycles. The molecule has 0 aromatic rings. The summed E-state index contributed by atoms with van der Waals surface area (Å²) in [7, 11) is 1.68. The third kappa shape index (κ3) is 2.81. The van der Waals surface area contributed by atoms with Crippen LogP contribution in [0.15, 0.2) is 0 Å². The predicted octanol–water partition coefficient (Wildman–Crippen LogP) is 1.79. The van der Waals surface area contributed by atoms with Crippen LogP contribution in [0.1, 0.15) is 38.5 Å². The summed E-state index contributed by atoms with van der Waals surface area (Å²) in [5.41, 5.74) is 0. The molecule has 3 fully saturated rings. The number of fused-ring (bicyclic) bond motifs is 1. The Hall–Kier alpha value is -1.30. The van der Waals surface area contributed by atoms with Gasteiger partial charge in [-0.15, -0.1) is 0 Å².